The van der Waals surface area contributed by atoms with Gasteiger partial charge in [0.25, 0.3) is 0 Å². The molecule has 29 heavy (non-hydrogen) atoms. The average Bonchev–Trinajstić information content (AvgIpc) is 2.96. The van der Waals surface area contributed by atoms with E-state index in [2.05, 4.69) is 4.74 Å². The summed E-state index contributed by atoms with van der Waals surface area (Å²) in [5.41, 5.74) is 0.388. The van der Waals surface area contributed by atoms with Gasteiger partial charge in [0.15, 0.2) is 11.6 Å². The Balaban J connectivity index is 1.96. The first-order valence-electron chi connectivity index (χ1n) is 8.49. The summed E-state index contributed by atoms with van der Waals surface area (Å²) in [5.74, 6) is -3.31. The molecule has 0 spiro atoms. The Morgan fingerprint density at radius 3 is 2.34 bits per heavy atom. The molecule has 3 aromatic rings. The normalized spacial score (nSPS) is 11.6. The second kappa shape index (κ2) is 8.10. The summed E-state index contributed by atoms with van der Waals surface area (Å²) >= 11 is 0. The average molecular weight is 415 g/mol. The zero-order chi connectivity index (χ0) is 21.2. The summed E-state index contributed by atoms with van der Waals surface area (Å²) in [6.45, 7) is 1.84. The SMILES string of the molecule is CCOc1cccc(F)c1-c1cc(F)cn1Cc1ccc(OC(F)(F)F)c(F)c1. The standard InChI is InChI=1S/C20H15F6NO2/c1-2-28-18-5-3-4-14(22)19(18)16-9-13(21)11-27(16)10-12-6-7-17(15(23)8-12)29-20(24,25)26/h3-9,11H,2,10H2,1H3. The number of benzene rings is 2. The fourth-order valence-corrected chi connectivity index (χ4v) is 2.89. The summed E-state index contributed by atoms with van der Waals surface area (Å²) in [5, 5.41) is 0. The second-order valence-electron chi connectivity index (χ2n) is 6.03. The van der Waals surface area contributed by atoms with E-state index in [4.69, 9.17) is 4.74 Å². The molecule has 0 amide bonds. The summed E-state index contributed by atoms with van der Waals surface area (Å²) in [7, 11) is 0. The molecule has 1 heterocycles. The van der Waals surface area contributed by atoms with E-state index in [9.17, 15) is 26.3 Å². The van der Waals surface area contributed by atoms with Gasteiger partial charge in [-0.1, -0.05) is 12.1 Å². The van der Waals surface area contributed by atoms with Crippen LogP contribution >= 0.6 is 0 Å². The van der Waals surface area contributed by atoms with Gasteiger partial charge >= 0.3 is 6.36 Å². The minimum absolute atomic E-state index is 0.0238. The molecule has 154 valence electrons. The molecule has 0 unspecified atom stereocenters. The molecule has 1 aromatic heterocycles. The molecule has 0 N–H and O–H groups in total. The van der Waals surface area contributed by atoms with Crippen LogP contribution in [-0.4, -0.2) is 17.5 Å². The minimum atomic E-state index is -5.03. The number of hydrogen-bond acceptors (Lipinski definition) is 2. The Bertz CT molecular complexity index is 1010. The lowest BCUT2D eigenvalue weighted by Gasteiger charge is -2.15. The van der Waals surface area contributed by atoms with Gasteiger partial charge in [0.05, 0.1) is 17.9 Å². The first-order valence-corrected chi connectivity index (χ1v) is 8.49. The third kappa shape index (κ3) is 4.85. The molecule has 0 saturated heterocycles. The van der Waals surface area contributed by atoms with Crippen LogP contribution < -0.4 is 9.47 Å². The Morgan fingerprint density at radius 1 is 0.931 bits per heavy atom. The van der Waals surface area contributed by atoms with Crippen molar-refractivity contribution in [1.29, 1.82) is 0 Å². The molecule has 0 aliphatic heterocycles. The first-order chi connectivity index (χ1) is 13.7. The van der Waals surface area contributed by atoms with Gasteiger partial charge in [-0.2, -0.15) is 0 Å². The number of alkyl halides is 3. The molecular weight excluding hydrogens is 400 g/mol. The molecule has 3 nitrogen and oxygen atoms in total. The lowest BCUT2D eigenvalue weighted by atomic mass is 10.1. The zero-order valence-electron chi connectivity index (χ0n) is 15.1. The monoisotopic (exact) mass is 415 g/mol. The van der Waals surface area contributed by atoms with Crippen molar-refractivity contribution in [2.24, 2.45) is 0 Å². The third-order valence-electron chi connectivity index (χ3n) is 3.97. The van der Waals surface area contributed by atoms with Crippen LogP contribution in [0.3, 0.4) is 0 Å². The van der Waals surface area contributed by atoms with E-state index in [1.54, 1.807) is 6.92 Å². The Labute approximate surface area is 162 Å². The Kier molecular flexibility index (Phi) is 5.76. The van der Waals surface area contributed by atoms with Crippen molar-refractivity contribution in [3.8, 4) is 22.8 Å². The van der Waals surface area contributed by atoms with Crippen LogP contribution in [0.4, 0.5) is 26.3 Å². The van der Waals surface area contributed by atoms with Crippen molar-refractivity contribution in [3.63, 3.8) is 0 Å². The summed E-state index contributed by atoms with van der Waals surface area (Å²) in [6.07, 6.45) is -3.95. The third-order valence-corrected chi connectivity index (χ3v) is 3.97. The minimum Gasteiger partial charge on any atom is -0.493 e. The van der Waals surface area contributed by atoms with Gasteiger partial charge in [0, 0.05) is 12.7 Å². The van der Waals surface area contributed by atoms with E-state index in [-0.39, 0.29) is 35.7 Å². The van der Waals surface area contributed by atoms with E-state index < -0.39 is 29.6 Å². The van der Waals surface area contributed by atoms with Gasteiger partial charge in [0.1, 0.15) is 17.4 Å². The highest BCUT2D eigenvalue weighted by atomic mass is 19.4. The maximum absolute atomic E-state index is 14.5. The largest absolute Gasteiger partial charge is 0.573 e. The van der Waals surface area contributed by atoms with Crippen LogP contribution in [0, 0.1) is 17.5 Å². The van der Waals surface area contributed by atoms with Gasteiger partial charge in [-0.25, -0.2) is 13.2 Å². The van der Waals surface area contributed by atoms with Crippen LogP contribution in [0.15, 0.2) is 48.7 Å². The second-order valence-corrected chi connectivity index (χ2v) is 6.03. The van der Waals surface area contributed by atoms with Crippen LogP contribution in [0.1, 0.15) is 12.5 Å². The quantitative estimate of drug-likeness (QED) is 0.467. The maximum Gasteiger partial charge on any atom is 0.573 e. The van der Waals surface area contributed by atoms with Gasteiger partial charge in [0.2, 0.25) is 0 Å². The molecule has 0 fully saturated rings. The first kappa shape index (κ1) is 20.6. The van der Waals surface area contributed by atoms with E-state index in [1.165, 1.54) is 28.8 Å². The highest BCUT2D eigenvalue weighted by molar-refractivity contribution is 5.69. The molecule has 0 aliphatic carbocycles. The highest BCUT2D eigenvalue weighted by Gasteiger charge is 2.32. The van der Waals surface area contributed by atoms with Crippen LogP contribution in [0.2, 0.25) is 0 Å². The van der Waals surface area contributed by atoms with Crippen LogP contribution in [-0.2, 0) is 6.54 Å². The van der Waals surface area contributed by atoms with Crippen LogP contribution in [0.5, 0.6) is 11.5 Å². The molecule has 9 heteroatoms. The number of rotatable bonds is 6. The maximum atomic E-state index is 14.5. The number of nitrogens with zero attached hydrogens (tertiary/aromatic N) is 1. The summed E-state index contributed by atoms with van der Waals surface area (Å²) < 4.78 is 89.5. The van der Waals surface area contributed by atoms with Crippen molar-refractivity contribution in [3.05, 3.63) is 71.7 Å². The smallest absolute Gasteiger partial charge is 0.493 e. The topological polar surface area (TPSA) is 23.4 Å². The fraction of sp³-hybridized carbons (Fsp3) is 0.200. The molecule has 0 bridgehead atoms. The predicted molar refractivity (Wildman–Crippen MR) is 93.1 cm³/mol. The van der Waals surface area contributed by atoms with E-state index in [0.717, 1.165) is 24.4 Å². The Morgan fingerprint density at radius 2 is 1.69 bits per heavy atom. The number of halogens is 6. The molecule has 0 radical (unpaired) electrons. The molecule has 0 saturated carbocycles. The lowest BCUT2D eigenvalue weighted by molar-refractivity contribution is -0.275. The van der Waals surface area contributed by atoms with Gasteiger partial charge in [-0.15, -0.1) is 13.2 Å². The number of hydrogen-bond donors (Lipinski definition) is 0. The van der Waals surface area contributed by atoms with Gasteiger partial charge in [-0.05, 0) is 42.8 Å². The van der Waals surface area contributed by atoms with Crippen molar-refractivity contribution in [1.82, 2.24) is 4.57 Å². The summed E-state index contributed by atoms with van der Waals surface area (Å²) in [6, 6.07) is 8.13. The number of ether oxygens (including phenoxy) is 2. The highest BCUT2D eigenvalue weighted by Crippen LogP contribution is 2.34. The van der Waals surface area contributed by atoms with Crippen molar-refractivity contribution >= 4 is 0 Å². The van der Waals surface area contributed by atoms with E-state index in [0.29, 0.717) is 0 Å². The number of aromatic nitrogens is 1. The Hall–Kier alpha value is -3.10. The summed E-state index contributed by atoms with van der Waals surface area (Å²) in [4.78, 5) is 0. The predicted octanol–water partition coefficient (Wildman–Crippen LogP) is 5.92. The zero-order valence-corrected chi connectivity index (χ0v) is 15.1. The van der Waals surface area contributed by atoms with Crippen LogP contribution in [0.25, 0.3) is 11.3 Å². The molecule has 0 atom stereocenters. The lowest BCUT2D eigenvalue weighted by Crippen LogP contribution is -2.18. The van der Waals surface area contributed by atoms with Gasteiger partial charge in [-0.3, -0.25) is 0 Å². The molecule has 0 aliphatic rings. The molecule has 2 aromatic carbocycles. The van der Waals surface area contributed by atoms with Gasteiger partial charge < -0.3 is 14.0 Å². The van der Waals surface area contributed by atoms with E-state index >= 15 is 0 Å². The van der Waals surface area contributed by atoms with Crippen molar-refractivity contribution in [2.75, 3.05) is 6.61 Å². The molecular formula is C20H15F6NO2. The fourth-order valence-electron chi connectivity index (χ4n) is 2.89. The van der Waals surface area contributed by atoms with Crippen molar-refractivity contribution in [2.45, 2.75) is 19.8 Å². The van der Waals surface area contributed by atoms with Crippen molar-refractivity contribution < 1.29 is 35.8 Å². The van der Waals surface area contributed by atoms with E-state index in [1.807, 2.05) is 0 Å². The molecule has 3 rings (SSSR count).